The van der Waals surface area contributed by atoms with E-state index in [9.17, 15) is 26.3 Å². The van der Waals surface area contributed by atoms with Crippen LogP contribution in [0.2, 0.25) is 0 Å². The van der Waals surface area contributed by atoms with E-state index in [0.717, 1.165) is 12.4 Å². The summed E-state index contributed by atoms with van der Waals surface area (Å²) >= 11 is 0. The predicted octanol–water partition coefficient (Wildman–Crippen LogP) is 6.94. The van der Waals surface area contributed by atoms with Crippen LogP contribution in [0.3, 0.4) is 0 Å². The molecule has 0 aromatic carbocycles. The maximum atomic E-state index is 13.3. The zero-order chi connectivity index (χ0) is 41.8. The molecule has 6 aromatic heterocycles. The van der Waals surface area contributed by atoms with E-state index in [-0.39, 0.29) is 35.9 Å². The molecule has 14 nitrogen and oxygen atoms in total. The van der Waals surface area contributed by atoms with Crippen molar-refractivity contribution in [2.24, 2.45) is 0 Å². The van der Waals surface area contributed by atoms with Crippen LogP contribution in [0, 0.1) is 0 Å². The first-order chi connectivity index (χ1) is 28.2. The average Bonchev–Trinajstić information content (AvgIpc) is 3.21. The zero-order valence-corrected chi connectivity index (χ0v) is 32.2. The molecule has 0 saturated carbocycles. The Kier molecular flexibility index (Phi) is 11.9. The summed E-state index contributed by atoms with van der Waals surface area (Å²) in [4.78, 5) is 37.9. The lowest BCUT2D eigenvalue weighted by molar-refractivity contribution is -0.142. The lowest BCUT2D eigenvalue weighted by atomic mass is 10.0. The third-order valence-corrected chi connectivity index (χ3v) is 9.54. The van der Waals surface area contributed by atoms with Crippen molar-refractivity contribution < 1.29 is 35.8 Å². The Morgan fingerprint density at radius 2 is 1.19 bits per heavy atom. The predicted molar refractivity (Wildman–Crippen MR) is 208 cm³/mol. The molecule has 2 aliphatic rings. The van der Waals surface area contributed by atoms with Crippen molar-refractivity contribution >= 4 is 45.6 Å². The molecule has 310 valence electrons. The quantitative estimate of drug-likeness (QED) is 0.153. The molecule has 2 saturated heterocycles. The monoisotopic (exact) mass is 822 g/mol. The highest BCUT2D eigenvalue weighted by atomic mass is 19.4. The Bertz CT molecular complexity index is 2400. The summed E-state index contributed by atoms with van der Waals surface area (Å²) in [6.07, 6.45) is -3.51. The number of aromatic nitrogens is 8. The smallest absolute Gasteiger partial charge is 0.377 e. The molecule has 0 bridgehead atoms. The number of anilines is 4. The molecular formula is C39H40F6N12O2. The Morgan fingerprint density at radius 3 is 1.71 bits per heavy atom. The molecule has 1 atom stereocenters. The van der Waals surface area contributed by atoms with Crippen LogP contribution in [0.1, 0.15) is 43.3 Å². The van der Waals surface area contributed by atoms with Crippen molar-refractivity contribution in [3.63, 3.8) is 0 Å². The van der Waals surface area contributed by atoms with Gasteiger partial charge in [-0.15, -0.1) is 0 Å². The molecule has 2 N–H and O–H groups in total. The zero-order valence-electron chi connectivity index (χ0n) is 32.2. The summed E-state index contributed by atoms with van der Waals surface area (Å²) in [6, 6.07) is 12.8. The van der Waals surface area contributed by atoms with E-state index in [1.54, 1.807) is 36.7 Å². The lowest BCUT2D eigenvalue weighted by Gasteiger charge is -2.42. The molecule has 8 rings (SSSR count). The second-order valence-electron chi connectivity index (χ2n) is 14.4. The number of nitrogens with zero attached hydrogens (tertiary/aromatic N) is 10. The standard InChI is InChI=1S/C20H21F3N6O.C19H19F3N6O/c1-19(2)12-30-10-9-29(19)18-27-16-14(6-4-8-25-16)17(28-18)26-11-13-5-3-7-24-15(13)20(21,22)23;1-12-11-28(8-9-29-12)18-26-16-14(5-3-7-24-16)17(27-18)25-10-13-4-2-6-23-15(13)19(20,21)22/h3-8H,9-12H2,1-2H3,(H,25,26,27,28);2-7,12H,8-11H2,1H3,(H,24,25,26,27). The van der Waals surface area contributed by atoms with Crippen LogP contribution < -0.4 is 20.4 Å². The van der Waals surface area contributed by atoms with Crippen LogP contribution in [-0.2, 0) is 34.9 Å². The van der Waals surface area contributed by atoms with Gasteiger partial charge in [0.15, 0.2) is 11.3 Å². The van der Waals surface area contributed by atoms with Gasteiger partial charge in [-0.2, -0.15) is 46.3 Å². The first-order valence-electron chi connectivity index (χ1n) is 18.6. The van der Waals surface area contributed by atoms with E-state index >= 15 is 0 Å². The topological polar surface area (TPSA) is 152 Å². The summed E-state index contributed by atoms with van der Waals surface area (Å²) < 4.78 is 90.6. The van der Waals surface area contributed by atoms with Gasteiger partial charge in [-0.05, 0) is 57.2 Å². The van der Waals surface area contributed by atoms with Crippen molar-refractivity contribution in [2.45, 2.75) is 57.9 Å². The summed E-state index contributed by atoms with van der Waals surface area (Å²) in [5.74, 6) is 1.77. The minimum absolute atomic E-state index is 0.0351. The van der Waals surface area contributed by atoms with Crippen LogP contribution in [0.4, 0.5) is 49.9 Å². The number of hydrogen-bond donors (Lipinski definition) is 2. The van der Waals surface area contributed by atoms with Gasteiger partial charge in [-0.25, -0.2) is 9.97 Å². The molecule has 20 heteroatoms. The first kappa shape index (κ1) is 41.2. The molecule has 0 radical (unpaired) electrons. The van der Waals surface area contributed by atoms with Gasteiger partial charge in [0.05, 0.1) is 42.2 Å². The fourth-order valence-electron chi connectivity index (χ4n) is 6.69. The lowest BCUT2D eigenvalue weighted by Crippen LogP contribution is -2.53. The largest absolute Gasteiger partial charge is 0.433 e. The Balaban J connectivity index is 0.000000179. The highest BCUT2D eigenvalue weighted by Gasteiger charge is 2.36. The maximum absolute atomic E-state index is 13.3. The number of halogens is 6. The van der Waals surface area contributed by atoms with Gasteiger partial charge in [0.25, 0.3) is 0 Å². The van der Waals surface area contributed by atoms with E-state index in [1.165, 1.54) is 24.3 Å². The molecule has 59 heavy (non-hydrogen) atoms. The molecule has 0 spiro atoms. The summed E-state index contributed by atoms with van der Waals surface area (Å²) in [5.41, 5.74) is -1.14. The summed E-state index contributed by atoms with van der Waals surface area (Å²) in [5, 5.41) is 7.32. The average molecular weight is 823 g/mol. The number of morpholine rings is 2. The van der Waals surface area contributed by atoms with Crippen molar-refractivity contribution in [2.75, 3.05) is 59.9 Å². The first-order valence-corrected chi connectivity index (χ1v) is 18.6. The van der Waals surface area contributed by atoms with Gasteiger partial charge in [-0.1, -0.05) is 12.1 Å². The number of pyridine rings is 4. The van der Waals surface area contributed by atoms with E-state index in [4.69, 9.17) is 9.47 Å². The summed E-state index contributed by atoms with van der Waals surface area (Å²) in [6.45, 7) is 9.31. The molecule has 0 amide bonds. The van der Waals surface area contributed by atoms with Gasteiger partial charge >= 0.3 is 12.4 Å². The maximum Gasteiger partial charge on any atom is 0.433 e. The van der Waals surface area contributed by atoms with E-state index in [2.05, 4.69) is 50.5 Å². The van der Waals surface area contributed by atoms with Gasteiger partial charge in [0, 0.05) is 68.6 Å². The number of alkyl halides is 6. The van der Waals surface area contributed by atoms with Gasteiger partial charge < -0.3 is 29.9 Å². The van der Waals surface area contributed by atoms with E-state index in [0.29, 0.717) is 85.1 Å². The number of rotatable bonds is 8. The number of fused-ring (bicyclic) bond motifs is 2. The SMILES string of the molecule is CC1(C)COCCN1c1nc(NCc2cccnc2C(F)(F)F)c2cccnc2n1.CC1CN(c2nc(NCc3cccnc3C(F)(F)F)c3cccnc3n2)CCO1. The molecule has 0 aliphatic carbocycles. The van der Waals surface area contributed by atoms with Crippen LogP contribution >= 0.6 is 0 Å². The Labute approximate surface area is 334 Å². The molecule has 1 unspecified atom stereocenters. The van der Waals surface area contributed by atoms with E-state index < -0.39 is 23.7 Å². The minimum Gasteiger partial charge on any atom is -0.377 e. The second kappa shape index (κ2) is 17.1. The van der Waals surface area contributed by atoms with Crippen molar-refractivity contribution in [3.05, 3.63) is 95.8 Å². The van der Waals surface area contributed by atoms with E-state index in [1.807, 2.05) is 30.6 Å². The highest BCUT2D eigenvalue weighted by Crippen LogP contribution is 2.33. The van der Waals surface area contributed by atoms with Gasteiger partial charge in [0.1, 0.15) is 23.0 Å². The molecule has 6 aromatic rings. The third-order valence-electron chi connectivity index (χ3n) is 9.54. The summed E-state index contributed by atoms with van der Waals surface area (Å²) in [7, 11) is 0. The fraction of sp³-hybridized carbons (Fsp3) is 0.385. The van der Waals surface area contributed by atoms with Gasteiger partial charge in [-0.3, -0.25) is 9.97 Å². The number of nitrogens with one attached hydrogen (secondary N) is 2. The highest BCUT2D eigenvalue weighted by molar-refractivity contribution is 5.88. The van der Waals surface area contributed by atoms with Crippen molar-refractivity contribution in [3.8, 4) is 0 Å². The molecule has 2 aliphatic heterocycles. The van der Waals surface area contributed by atoms with Crippen molar-refractivity contribution in [1.82, 2.24) is 39.9 Å². The van der Waals surface area contributed by atoms with Crippen LogP contribution in [-0.4, -0.2) is 91.0 Å². The fourth-order valence-corrected chi connectivity index (χ4v) is 6.69. The van der Waals surface area contributed by atoms with Crippen LogP contribution in [0.5, 0.6) is 0 Å². The Morgan fingerprint density at radius 1 is 0.678 bits per heavy atom. The third kappa shape index (κ3) is 9.65. The van der Waals surface area contributed by atoms with Crippen molar-refractivity contribution in [1.29, 1.82) is 0 Å². The van der Waals surface area contributed by atoms with Crippen LogP contribution in [0.25, 0.3) is 22.1 Å². The second-order valence-corrected chi connectivity index (χ2v) is 14.4. The molecule has 8 heterocycles. The minimum atomic E-state index is -4.53. The molecular weight excluding hydrogens is 782 g/mol. The van der Waals surface area contributed by atoms with Crippen LogP contribution in [0.15, 0.2) is 73.3 Å². The number of hydrogen-bond acceptors (Lipinski definition) is 14. The number of ether oxygens (including phenoxy) is 2. The Hall–Kier alpha value is -6.02. The normalized spacial score (nSPS) is 17.1. The van der Waals surface area contributed by atoms with Gasteiger partial charge in [0.2, 0.25) is 11.9 Å². The molecule has 2 fully saturated rings.